The van der Waals surface area contributed by atoms with Gasteiger partial charge in [0.25, 0.3) is 5.91 Å². The fourth-order valence-corrected chi connectivity index (χ4v) is 3.01. The highest BCUT2D eigenvalue weighted by Crippen LogP contribution is 2.27. The number of carbonyl (C=O) groups is 1. The summed E-state index contributed by atoms with van der Waals surface area (Å²) in [5.41, 5.74) is 3.95. The van der Waals surface area contributed by atoms with Gasteiger partial charge in [0.1, 0.15) is 5.75 Å². The lowest BCUT2D eigenvalue weighted by atomic mass is 9.89. The van der Waals surface area contributed by atoms with Gasteiger partial charge in [-0.25, -0.2) is 5.43 Å². The van der Waals surface area contributed by atoms with Crippen LogP contribution in [-0.4, -0.2) is 16.7 Å². The first-order chi connectivity index (χ1) is 10.7. The number of rotatable bonds is 2. The van der Waals surface area contributed by atoms with Gasteiger partial charge in [-0.3, -0.25) is 4.79 Å². The topological polar surface area (TPSA) is 61.7 Å². The van der Waals surface area contributed by atoms with E-state index in [9.17, 15) is 9.90 Å². The molecule has 3 rings (SSSR count). The van der Waals surface area contributed by atoms with Crippen LogP contribution in [0.1, 0.15) is 43.0 Å². The lowest BCUT2D eigenvalue weighted by molar-refractivity contribution is 0.0953. The van der Waals surface area contributed by atoms with Gasteiger partial charge in [-0.15, -0.1) is 0 Å². The first-order valence-corrected chi connectivity index (χ1v) is 7.74. The fourth-order valence-electron chi connectivity index (χ4n) is 3.01. The normalized spacial score (nSPS) is 20.2. The molecule has 114 valence electrons. The third kappa shape index (κ3) is 2.82. The van der Waals surface area contributed by atoms with E-state index in [-0.39, 0.29) is 17.2 Å². The monoisotopic (exact) mass is 296 g/mol. The average molecular weight is 296 g/mol. The molecule has 0 heterocycles. The van der Waals surface area contributed by atoms with E-state index in [1.165, 1.54) is 6.42 Å². The van der Waals surface area contributed by atoms with Gasteiger partial charge in [-0.05, 0) is 42.0 Å². The molecule has 1 aliphatic rings. The maximum atomic E-state index is 12.5. The van der Waals surface area contributed by atoms with E-state index < -0.39 is 0 Å². The van der Waals surface area contributed by atoms with E-state index in [1.54, 1.807) is 12.1 Å². The first kappa shape index (κ1) is 14.6. The molecule has 1 aliphatic carbocycles. The molecule has 1 atom stereocenters. The van der Waals surface area contributed by atoms with Gasteiger partial charge in [0.2, 0.25) is 0 Å². The highest BCUT2D eigenvalue weighted by Gasteiger charge is 2.18. The van der Waals surface area contributed by atoms with E-state index in [0.717, 1.165) is 35.7 Å². The van der Waals surface area contributed by atoms with Crippen LogP contribution in [0.5, 0.6) is 5.75 Å². The molecule has 0 aliphatic heterocycles. The Hall–Kier alpha value is -2.36. The fraction of sp³-hybridized carbons (Fsp3) is 0.333. The summed E-state index contributed by atoms with van der Waals surface area (Å²) in [6.07, 6.45) is 4.40. The van der Waals surface area contributed by atoms with Crippen molar-refractivity contribution in [1.82, 2.24) is 5.43 Å². The molecular weight excluding hydrogens is 276 g/mol. The lowest BCUT2D eigenvalue weighted by Crippen LogP contribution is -2.24. The second-order valence-electron chi connectivity index (χ2n) is 5.87. The second kappa shape index (κ2) is 6.18. The van der Waals surface area contributed by atoms with Gasteiger partial charge in [-0.1, -0.05) is 43.7 Å². The number of fused-ring (bicyclic) bond motifs is 1. The molecule has 0 spiro atoms. The van der Waals surface area contributed by atoms with Crippen LogP contribution in [0.15, 0.2) is 41.5 Å². The summed E-state index contributed by atoms with van der Waals surface area (Å²) in [6.45, 7) is 2.14. The predicted molar refractivity (Wildman–Crippen MR) is 88.1 cm³/mol. The molecule has 0 bridgehead atoms. The molecule has 2 N–H and O–H groups in total. The third-order valence-electron chi connectivity index (χ3n) is 4.32. The van der Waals surface area contributed by atoms with Gasteiger partial charge in [-0.2, -0.15) is 5.10 Å². The van der Waals surface area contributed by atoms with E-state index in [4.69, 9.17) is 0 Å². The number of benzene rings is 2. The number of hydrogen-bond acceptors (Lipinski definition) is 3. The molecule has 1 unspecified atom stereocenters. The number of phenolic OH excluding ortho intramolecular Hbond substituents is 1. The number of hydrazone groups is 1. The molecular formula is C18H20N2O2. The maximum Gasteiger partial charge on any atom is 0.275 e. The van der Waals surface area contributed by atoms with Crippen molar-refractivity contribution in [2.45, 2.75) is 32.6 Å². The molecule has 4 heteroatoms. The number of hydrogen-bond donors (Lipinski definition) is 2. The number of nitrogens with one attached hydrogen (secondary N) is 1. The zero-order valence-electron chi connectivity index (χ0n) is 12.7. The van der Waals surface area contributed by atoms with E-state index in [2.05, 4.69) is 17.5 Å². The first-order valence-electron chi connectivity index (χ1n) is 7.74. The Morgan fingerprint density at radius 2 is 2.05 bits per heavy atom. The smallest absolute Gasteiger partial charge is 0.275 e. The largest absolute Gasteiger partial charge is 0.507 e. The van der Waals surface area contributed by atoms with Crippen molar-refractivity contribution in [3.63, 3.8) is 0 Å². The maximum absolute atomic E-state index is 12.5. The SMILES string of the molecule is CC1CCCC/C1=N/NC(=O)c1c(O)ccc2ccccc12. The van der Waals surface area contributed by atoms with E-state index in [0.29, 0.717) is 5.92 Å². The molecule has 22 heavy (non-hydrogen) atoms. The minimum atomic E-state index is -0.362. The van der Waals surface area contributed by atoms with Crippen molar-refractivity contribution in [2.75, 3.05) is 0 Å². The summed E-state index contributed by atoms with van der Waals surface area (Å²) in [5, 5.41) is 16.0. The molecule has 1 amide bonds. The molecule has 0 aromatic heterocycles. The summed E-state index contributed by atoms with van der Waals surface area (Å²) in [7, 11) is 0. The van der Waals surface area contributed by atoms with E-state index >= 15 is 0 Å². The molecule has 1 fully saturated rings. The summed E-state index contributed by atoms with van der Waals surface area (Å²) in [5.74, 6) is 0.0304. The van der Waals surface area contributed by atoms with Crippen LogP contribution >= 0.6 is 0 Å². The van der Waals surface area contributed by atoms with Crippen LogP contribution in [0.2, 0.25) is 0 Å². The minimum absolute atomic E-state index is 0.0203. The molecule has 1 saturated carbocycles. The summed E-state index contributed by atoms with van der Waals surface area (Å²) in [6, 6.07) is 10.9. The van der Waals surface area contributed by atoms with Crippen molar-refractivity contribution in [1.29, 1.82) is 0 Å². The lowest BCUT2D eigenvalue weighted by Gasteiger charge is -2.19. The number of aromatic hydroxyl groups is 1. The Balaban J connectivity index is 1.89. The van der Waals surface area contributed by atoms with Crippen molar-refractivity contribution in [2.24, 2.45) is 11.0 Å². The van der Waals surface area contributed by atoms with Gasteiger partial charge < -0.3 is 5.11 Å². The van der Waals surface area contributed by atoms with Crippen LogP contribution < -0.4 is 5.43 Å². The number of nitrogens with zero attached hydrogens (tertiary/aromatic N) is 1. The molecule has 0 saturated heterocycles. The Morgan fingerprint density at radius 1 is 1.23 bits per heavy atom. The zero-order valence-corrected chi connectivity index (χ0v) is 12.7. The second-order valence-corrected chi connectivity index (χ2v) is 5.87. The van der Waals surface area contributed by atoms with Crippen LogP contribution in [0.25, 0.3) is 10.8 Å². The van der Waals surface area contributed by atoms with Crippen LogP contribution in [0, 0.1) is 5.92 Å². The Labute approximate surface area is 129 Å². The van der Waals surface area contributed by atoms with Gasteiger partial charge in [0.05, 0.1) is 5.56 Å². The standard InChI is InChI=1S/C18H20N2O2/c1-12-6-2-5-9-15(12)19-20-18(22)17-14-8-4-3-7-13(14)10-11-16(17)21/h3-4,7-8,10-12,21H,2,5-6,9H2,1H3,(H,20,22)/b19-15-. The summed E-state index contributed by atoms with van der Waals surface area (Å²) in [4.78, 5) is 12.5. The van der Waals surface area contributed by atoms with Crippen LogP contribution in [-0.2, 0) is 0 Å². The number of phenols is 1. The van der Waals surface area contributed by atoms with Crippen LogP contribution in [0.4, 0.5) is 0 Å². The molecule has 2 aromatic carbocycles. The zero-order chi connectivity index (χ0) is 15.5. The van der Waals surface area contributed by atoms with Gasteiger partial charge in [0.15, 0.2) is 0 Å². The Kier molecular flexibility index (Phi) is 4.09. The highest BCUT2D eigenvalue weighted by atomic mass is 16.3. The number of carbonyl (C=O) groups excluding carboxylic acids is 1. The van der Waals surface area contributed by atoms with Crippen molar-refractivity contribution in [3.05, 3.63) is 42.0 Å². The molecule has 4 nitrogen and oxygen atoms in total. The van der Waals surface area contributed by atoms with Crippen molar-refractivity contribution in [3.8, 4) is 5.75 Å². The predicted octanol–water partition coefficient (Wildman–Crippen LogP) is 3.84. The third-order valence-corrected chi connectivity index (χ3v) is 4.32. The van der Waals surface area contributed by atoms with Crippen molar-refractivity contribution >= 4 is 22.4 Å². The minimum Gasteiger partial charge on any atom is -0.507 e. The molecule has 2 aromatic rings. The summed E-state index contributed by atoms with van der Waals surface area (Å²) >= 11 is 0. The van der Waals surface area contributed by atoms with Gasteiger partial charge in [0, 0.05) is 5.71 Å². The van der Waals surface area contributed by atoms with Crippen molar-refractivity contribution < 1.29 is 9.90 Å². The average Bonchev–Trinajstić information content (AvgIpc) is 2.53. The quantitative estimate of drug-likeness (QED) is 0.827. The van der Waals surface area contributed by atoms with Crippen LogP contribution in [0.3, 0.4) is 0 Å². The Morgan fingerprint density at radius 3 is 2.86 bits per heavy atom. The van der Waals surface area contributed by atoms with Gasteiger partial charge >= 0.3 is 0 Å². The molecule has 0 radical (unpaired) electrons. The highest BCUT2D eigenvalue weighted by molar-refractivity contribution is 6.09. The number of amides is 1. The Bertz CT molecular complexity index is 737. The van der Waals surface area contributed by atoms with E-state index in [1.807, 2.05) is 24.3 Å². The summed E-state index contributed by atoms with van der Waals surface area (Å²) < 4.78 is 0.